The van der Waals surface area contributed by atoms with Crippen molar-refractivity contribution in [2.75, 3.05) is 18.0 Å². The lowest BCUT2D eigenvalue weighted by Gasteiger charge is -2.53. The SMILES string of the molecule is CC(C)(C)n1ncc(C(=O)O)c1N1CCC(O)C1.NC1C2CC3CC(C2)CC1C3. The summed E-state index contributed by atoms with van der Waals surface area (Å²) in [5, 5.41) is 23.0. The van der Waals surface area contributed by atoms with Crippen LogP contribution in [-0.4, -0.2) is 51.2 Å². The molecule has 0 amide bonds. The highest BCUT2D eigenvalue weighted by Crippen LogP contribution is 2.52. The minimum Gasteiger partial charge on any atom is -0.477 e. The van der Waals surface area contributed by atoms with Crippen molar-refractivity contribution >= 4 is 11.8 Å². The van der Waals surface area contributed by atoms with Crippen LogP contribution < -0.4 is 10.6 Å². The summed E-state index contributed by atoms with van der Waals surface area (Å²) in [7, 11) is 0. The Morgan fingerprint density at radius 1 is 1.14 bits per heavy atom. The summed E-state index contributed by atoms with van der Waals surface area (Å²) < 4.78 is 1.72. The number of carboxylic acids is 1. The number of nitrogens with zero attached hydrogens (tertiary/aromatic N) is 3. The quantitative estimate of drug-likeness (QED) is 0.700. The maximum absolute atomic E-state index is 11.3. The average Bonchev–Trinajstić information content (AvgIpc) is 3.25. The fraction of sp³-hybridized carbons (Fsp3) is 0.818. The maximum atomic E-state index is 11.3. The van der Waals surface area contributed by atoms with Gasteiger partial charge in [-0.15, -0.1) is 0 Å². The molecule has 4 N–H and O–H groups in total. The van der Waals surface area contributed by atoms with E-state index in [9.17, 15) is 15.0 Å². The first-order valence-electron chi connectivity index (χ1n) is 11.1. The number of carbonyl (C=O) groups is 1. The Bertz CT molecular complexity index is 726. The van der Waals surface area contributed by atoms with E-state index in [1.165, 1.54) is 31.9 Å². The Morgan fingerprint density at radius 3 is 2.17 bits per heavy atom. The number of β-amino-alcohol motifs (C(OH)–C–C–N with tert-alkyl or cyclic N) is 1. The summed E-state index contributed by atoms with van der Waals surface area (Å²) in [5.74, 6) is 3.61. The minimum atomic E-state index is -0.984. The fourth-order valence-electron chi connectivity index (χ4n) is 6.19. The van der Waals surface area contributed by atoms with Crippen LogP contribution in [0.15, 0.2) is 6.20 Å². The lowest BCUT2D eigenvalue weighted by Crippen LogP contribution is -2.52. The molecule has 29 heavy (non-hydrogen) atoms. The van der Waals surface area contributed by atoms with E-state index in [2.05, 4.69) is 5.10 Å². The highest BCUT2D eigenvalue weighted by molar-refractivity contribution is 5.93. The van der Waals surface area contributed by atoms with Crippen LogP contribution in [0.4, 0.5) is 5.82 Å². The van der Waals surface area contributed by atoms with E-state index in [1.54, 1.807) is 11.1 Å². The molecular weight excluding hydrogens is 368 g/mol. The number of nitrogens with two attached hydrogens (primary N) is 1. The molecule has 1 aromatic rings. The molecule has 4 bridgehead atoms. The monoisotopic (exact) mass is 404 g/mol. The van der Waals surface area contributed by atoms with E-state index >= 15 is 0 Å². The van der Waals surface area contributed by atoms with Crippen molar-refractivity contribution in [2.24, 2.45) is 29.4 Å². The van der Waals surface area contributed by atoms with Crippen molar-refractivity contribution in [1.82, 2.24) is 9.78 Å². The lowest BCUT2D eigenvalue weighted by molar-refractivity contribution is 0.000349. The van der Waals surface area contributed by atoms with Gasteiger partial charge in [-0.2, -0.15) is 5.10 Å². The van der Waals surface area contributed by atoms with E-state index in [4.69, 9.17) is 5.73 Å². The summed E-state index contributed by atoms with van der Waals surface area (Å²) >= 11 is 0. The second kappa shape index (κ2) is 7.58. The molecule has 4 saturated carbocycles. The number of aromatic nitrogens is 2. The standard InChI is InChI=1S/C12H19N3O3.C10H17N/c1-12(2,3)15-10(9(6-13-15)11(17)18)14-5-4-8(16)7-14;11-10-8-2-6-1-7(4-8)5-9(10)3-6/h6,8,16H,4-5,7H2,1-3H3,(H,17,18);6-10H,1-5,11H2. The van der Waals surface area contributed by atoms with E-state index < -0.39 is 12.1 Å². The van der Waals surface area contributed by atoms with Crippen LogP contribution in [0.3, 0.4) is 0 Å². The number of rotatable bonds is 2. The van der Waals surface area contributed by atoms with Gasteiger partial charge in [0, 0.05) is 19.1 Å². The third kappa shape index (κ3) is 4.04. The number of hydrogen-bond donors (Lipinski definition) is 3. The molecule has 0 aromatic carbocycles. The second-order valence-corrected chi connectivity index (χ2v) is 10.7. The van der Waals surface area contributed by atoms with Gasteiger partial charge >= 0.3 is 5.97 Å². The van der Waals surface area contributed by atoms with Crippen LogP contribution in [0.25, 0.3) is 0 Å². The molecule has 1 saturated heterocycles. The summed E-state index contributed by atoms with van der Waals surface area (Å²) in [4.78, 5) is 13.2. The summed E-state index contributed by atoms with van der Waals surface area (Å²) in [6, 6.07) is 0.586. The van der Waals surface area contributed by atoms with Gasteiger partial charge in [0.1, 0.15) is 11.4 Å². The van der Waals surface area contributed by atoms with Crippen LogP contribution in [0.1, 0.15) is 69.7 Å². The molecule has 162 valence electrons. The largest absolute Gasteiger partial charge is 0.477 e. The zero-order chi connectivity index (χ0) is 20.9. The summed E-state index contributed by atoms with van der Waals surface area (Å²) in [5.41, 5.74) is 6.07. The first-order valence-corrected chi connectivity index (χ1v) is 11.1. The molecule has 0 spiro atoms. The molecule has 4 aliphatic carbocycles. The van der Waals surface area contributed by atoms with E-state index in [0.717, 1.165) is 23.7 Å². The van der Waals surface area contributed by atoms with E-state index in [1.807, 2.05) is 25.7 Å². The van der Waals surface area contributed by atoms with Crippen molar-refractivity contribution in [3.8, 4) is 0 Å². The Kier molecular flexibility index (Phi) is 5.40. The summed E-state index contributed by atoms with van der Waals surface area (Å²) in [6.07, 6.45) is 9.06. The van der Waals surface area contributed by atoms with Gasteiger partial charge in [-0.3, -0.25) is 0 Å². The molecule has 2 heterocycles. The van der Waals surface area contributed by atoms with Gasteiger partial charge in [0.15, 0.2) is 0 Å². The van der Waals surface area contributed by atoms with E-state index in [-0.39, 0.29) is 11.1 Å². The van der Waals surface area contributed by atoms with Crippen molar-refractivity contribution in [1.29, 1.82) is 0 Å². The number of anilines is 1. The van der Waals surface area contributed by atoms with Gasteiger partial charge in [0.2, 0.25) is 0 Å². The molecule has 5 aliphatic rings. The van der Waals surface area contributed by atoms with Crippen molar-refractivity contribution in [2.45, 2.75) is 77.0 Å². The van der Waals surface area contributed by atoms with Crippen molar-refractivity contribution in [3.05, 3.63) is 11.8 Å². The van der Waals surface area contributed by atoms with Gasteiger partial charge in [-0.05, 0) is 83.0 Å². The van der Waals surface area contributed by atoms with Gasteiger partial charge in [-0.25, -0.2) is 9.48 Å². The lowest BCUT2D eigenvalue weighted by atomic mass is 9.54. The second-order valence-electron chi connectivity index (χ2n) is 10.7. The Balaban J connectivity index is 0.000000157. The minimum absolute atomic E-state index is 0.194. The highest BCUT2D eigenvalue weighted by Gasteiger charge is 2.46. The molecule has 7 nitrogen and oxygen atoms in total. The Morgan fingerprint density at radius 2 is 1.72 bits per heavy atom. The highest BCUT2D eigenvalue weighted by atomic mass is 16.4. The fourth-order valence-corrected chi connectivity index (χ4v) is 6.19. The maximum Gasteiger partial charge on any atom is 0.341 e. The van der Waals surface area contributed by atoms with E-state index in [0.29, 0.717) is 31.4 Å². The molecule has 1 atom stereocenters. The van der Waals surface area contributed by atoms with Crippen LogP contribution in [-0.2, 0) is 5.54 Å². The first-order chi connectivity index (χ1) is 13.6. The van der Waals surface area contributed by atoms with Gasteiger partial charge in [0.25, 0.3) is 0 Å². The molecule has 6 rings (SSSR count). The molecule has 5 fully saturated rings. The normalized spacial score (nSPS) is 35.6. The molecule has 7 heteroatoms. The predicted octanol–water partition coefficient (Wildman–Crippen LogP) is 2.68. The van der Waals surface area contributed by atoms with Crippen molar-refractivity contribution in [3.63, 3.8) is 0 Å². The Labute approximate surface area is 173 Å². The molecule has 0 radical (unpaired) electrons. The van der Waals surface area contributed by atoms with Crippen LogP contribution >= 0.6 is 0 Å². The topological polar surface area (TPSA) is 105 Å². The summed E-state index contributed by atoms with van der Waals surface area (Å²) in [6.45, 7) is 7.04. The molecule has 1 unspecified atom stereocenters. The zero-order valence-corrected chi connectivity index (χ0v) is 17.9. The molecular formula is C22H36N4O3. The van der Waals surface area contributed by atoms with Gasteiger partial charge < -0.3 is 20.8 Å². The molecule has 1 aliphatic heterocycles. The third-order valence-corrected chi connectivity index (χ3v) is 7.37. The van der Waals surface area contributed by atoms with Gasteiger partial charge in [-0.1, -0.05) is 0 Å². The number of carboxylic acid groups (broad SMARTS) is 1. The smallest absolute Gasteiger partial charge is 0.341 e. The first kappa shape index (κ1) is 20.7. The van der Waals surface area contributed by atoms with Crippen LogP contribution in [0, 0.1) is 23.7 Å². The number of aliphatic hydroxyl groups is 1. The van der Waals surface area contributed by atoms with Gasteiger partial charge in [0.05, 0.1) is 17.8 Å². The third-order valence-electron chi connectivity index (χ3n) is 7.37. The Hall–Kier alpha value is -1.60. The molecule has 1 aromatic heterocycles. The number of aromatic carboxylic acids is 1. The number of hydrogen-bond acceptors (Lipinski definition) is 5. The number of aliphatic hydroxyl groups excluding tert-OH is 1. The average molecular weight is 405 g/mol. The van der Waals surface area contributed by atoms with Crippen LogP contribution in [0.2, 0.25) is 0 Å². The zero-order valence-electron chi connectivity index (χ0n) is 17.9. The van der Waals surface area contributed by atoms with Crippen LogP contribution in [0.5, 0.6) is 0 Å². The van der Waals surface area contributed by atoms with Crippen molar-refractivity contribution < 1.29 is 15.0 Å². The predicted molar refractivity (Wildman–Crippen MR) is 112 cm³/mol.